The Labute approximate surface area is 135 Å². The molecular weight excluding hydrogens is 272 g/mol. The Balaban J connectivity index is 3.33. The van der Waals surface area contributed by atoms with Gasteiger partial charge in [0.25, 0.3) is 0 Å². The van der Waals surface area contributed by atoms with Gasteiger partial charge in [0.15, 0.2) is 0 Å². The van der Waals surface area contributed by atoms with E-state index in [0.717, 1.165) is 23.1 Å². The van der Waals surface area contributed by atoms with Gasteiger partial charge in [-0.1, -0.05) is 41.5 Å². The minimum atomic E-state index is -0.545. The van der Waals surface area contributed by atoms with Gasteiger partial charge in [0.1, 0.15) is 5.75 Å². The molecule has 0 saturated heterocycles. The summed E-state index contributed by atoms with van der Waals surface area (Å²) >= 11 is 0. The Morgan fingerprint density at radius 2 is 1.50 bits per heavy atom. The fraction of sp³-hybridized carbons (Fsp3) is 0.600. The van der Waals surface area contributed by atoms with E-state index in [0.29, 0.717) is 18.6 Å². The standard InChI is InChI=1S/C20H30O2/c1-8-9-10-11-17(21)14-12-15(19(2,3)4)18(22)16(13-14)20(5,6)7/h1,12-13,17,21-22H,9-11H2,2-7H3. The first-order valence-electron chi connectivity index (χ1n) is 7.98. The number of hydrogen-bond acceptors (Lipinski definition) is 2. The Kier molecular flexibility index (Phi) is 5.70. The number of phenols is 1. The monoisotopic (exact) mass is 302 g/mol. The topological polar surface area (TPSA) is 40.5 Å². The maximum absolute atomic E-state index is 10.7. The van der Waals surface area contributed by atoms with E-state index in [-0.39, 0.29) is 10.8 Å². The van der Waals surface area contributed by atoms with E-state index in [1.54, 1.807) is 0 Å². The zero-order valence-electron chi connectivity index (χ0n) is 14.8. The van der Waals surface area contributed by atoms with Crippen molar-refractivity contribution in [1.29, 1.82) is 0 Å². The molecule has 0 aromatic heterocycles. The van der Waals surface area contributed by atoms with Crippen molar-refractivity contribution in [2.45, 2.75) is 77.7 Å². The van der Waals surface area contributed by atoms with Crippen molar-refractivity contribution in [1.82, 2.24) is 0 Å². The Morgan fingerprint density at radius 1 is 1.05 bits per heavy atom. The molecule has 1 aromatic rings. The van der Waals surface area contributed by atoms with Crippen LogP contribution in [-0.4, -0.2) is 10.2 Å². The maximum atomic E-state index is 10.7. The third kappa shape index (κ3) is 4.52. The number of aromatic hydroxyl groups is 1. The van der Waals surface area contributed by atoms with Crippen LogP contribution in [0.25, 0.3) is 0 Å². The van der Waals surface area contributed by atoms with Crippen molar-refractivity contribution in [3.63, 3.8) is 0 Å². The van der Waals surface area contributed by atoms with Gasteiger partial charge in [-0.2, -0.15) is 0 Å². The summed E-state index contributed by atoms with van der Waals surface area (Å²) in [6, 6.07) is 3.87. The SMILES string of the molecule is C#CCCCC(O)c1cc(C(C)(C)C)c(O)c(C(C)(C)C)c1. The van der Waals surface area contributed by atoms with Crippen LogP contribution in [0.4, 0.5) is 0 Å². The van der Waals surface area contributed by atoms with E-state index in [1.165, 1.54) is 0 Å². The molecule has 2 nitrogen and oxygen atoms in total. The molecular formula is C20H30O2. The Hall–Kier alpha value is -1.46. The number of rotatable bonds is 4. The molecule has 0 aliphatic heterocycles. The zero-order valence-corrected chi connectivity index (χ0v) is 14.8. The van der Waals surface area contributed by atoms with Crippen LogP contribution in [0.3, 0.4) is 0 Å². The zero-order chi connectivity index (χ0) is 17.1. The summed E-state index contributed by atoms with van der Waals surface area (Å²) < 4.78 is 0. The molecule has 1 unspecified atom stereocenters. The molecule has 0 bridgehead atoms. The van der Waals surface area contributed by atoms with Gasteiger partial charge in [0.2, 0.25) is 0 Å². The van der Waals surface area contributed by atoms with Crippen LogP contribution in [-0.2, 0) is 10.8 Å². The summed E-state index contributed by atoms with van der Waals surface area (Å²) in [5.74, 6) is 2.95. The molecule has 22 heavy (non-hydrogen) atoms. The van der Waals surface area contributed by atoms with Crippen LogP contribution in [0.15, 0.2) is 12.1 Å². The number of unbranched alkanes of at least 4 members (excludes halogenated alkanes) is 1. The lowest BCUT2D eigenvalue weighted by atomic mass is 9.77. The van der Waals surface area contributed by atoms with Gasteiger partial charge in [-0.15, -0.1) is 12.3 Å². The smallest absolute Gasteiger partial charge is 0.123 e. The predicted octanol–water partition coefficient (Wildman–Crippen LogP) is 4.82. The highest BCUT2D eigenvalue weighted by molar-refractivity contribution is 5.50. The van der Waals surface area contributed by atoms with Gasteiger partial charge in [-0.05, 0) is 52.5 Å². The average molecular weight is 302 g/mol. The quantitative estimate of drug-likeness (QED) is 0.618. The van der Waals surface area contributed by atoms with Gasteiger partial charge >= 0.3 is 0 Å². The van der Waals surface area contributed by atoms with Crippen molar-refractivity contribution in [3.05, 3.63) is 28.8 Å². The Bertz CT molecular complexity index is 516. The minimum Gasteiger partial charge on any atom is -0.507 e. The highest BCUT2D eigenvalue weighted by Crippen LogP contribution is 2.41. The molecule has 1 aromatic carbocycles. The first kappa shape index (κ1) is 18.6. The molecule has 0 aliphatic rings. The van der Waals surface area contributed by atoms with Crippen LogP contribution in [0.5, 0.6) is 5.75 Å². The first-order valence-corrected chi connectivity index (χ1v) is 7.98. The fourth-order valence-corrected chi connectivity index (χ4v) is 2.56. The van der Waals surface area contributed by atoms with Gasteiger partial charge < -0.3 is 10.2 Å². The fourth-order valence-electron chi connectivity index (χ4n) is 2.56. The van der Waals surface area contributed by atoms with E-state index in [9.17, 15) is 10.2 Å². The highest BCUT2D eigenvalue weighted by atomic mass is 16.3. The number of aliphatic hydroxyl groups excluding tert-OH is 1. The predicted molar refractivity (Wildman–Crippen MR) is 93.2 cm³/mol. The lowest BCUT2D eigenvalue weighted by molar-refractivity contribution is 0.164. The molecule has 0 radical (unpaired) electrons. The minimum absolute atomic E-state index is 0.182. The Morgan fingerprint density at radius 3 is 1.86 bits per heavy atom. The van der Waals surface area contributed by atoms with Gasteiger partial charge in [0, 0.05) is 6.42 Å². The highest BCUT2D eigenvalue weighted by Gasteiger charge is 2.27. The number of aliphatic hydroxyl groups is 1. The number of phenolic OH excluding ortho intramolecular Hbond substituents is 1. The lowest BCUT2D eigenvalue weighted by Gasteiger charge is -2.29. The summed E-state index contributed by atoms with van der Waals surface area (Å²) in [6.45, 7) is 12.4. The average Bonchev–Trinajstić information content (AvgIpc) is 2.36. The second-order valence-electron chi connectivity index (χ2n) is 8.08. The molecule has 0 aliphatic carbocycles. The van der Waals surface area contributed by atoms with E-state index >= 15 is 0 Å². The molecule has 0 heterocycles. The normalized spacial score (nSPS) is 13.7. The second-order valence-corrected chi connectivity index (χ2v) is 8.08. The molecule has 0 spiro atoms. The van der Waals surface area contributed by atoms with E-state index in [1.807, 2.05) is 12.1 Å². The molecule has 1 atom stereocenters. The second kappa shape index (κ2) is 6.75. The summed E-state index contributed by atoms with van der Waals surface area (Å²) in [5.41, 5.74) is 2.26. The van der Waals surface area contributed by atoms with Crippen molar-refractivity contribution >= 4 is 0 Å². The molecule has 0 saturated carbocycles. The third-order valence-corrected chi connectivity index (χ3v) is 3.93. The largest absolute Gasteiger partial charge is 0.507 e. The number of terminal acetylenes is 1. The first-order chi connectivity index (χ1) is 9.98. The van der Waals surface area contributed by atoms with Crippen molar-refractivity contribution in [3.8, 4) is 18.1 Å². The maximum Gasteiger partial charge on any atom is 0.123 e. The van der Waals surface area contributed by atoms with Crippen LogP contribution >= 0.6 is 0 Å². The molecule has 122 valence electrons. The molecule has 0 amide bonds. The summed E-state index contributed by atoms with van der Waals surface area (Å²) in [5, 5.41) is 21.1. The molecule has 0 fully saturated rings. The molecule has 2 heteroatoms. The van der Waals surface area contributed by atoms with Crippen LogP contribution in [0, 0.1) is 12.3 Å². The van der Waals surface area contributed by atoms with Crippen LogP contribution < -0.4 is 0 Å². The van der Waals surface area contributed by atoms with Crippen molar-refractivity contribution in [2.75, 3.05) is 0 Å². The van der Waals surface area contributed by atoms with Crippen LogP contribution in [0.1, 0.15) is 83.6 Å². The van der Waals surface area contributed by atoms with E-state index < -0.39 is 6.10 Å². The summed E-state index contributed by atoms with van der Waals surface area (Å²) in [4.78, 5) is 0. The lowest BCUT2D eigenvalue weighted by Crippen LogP contribution is -2.18. The summed E-state index contributed by atoms with van der Waals surface area (Å²) in [6.07, 6.45) is 6.84. The molecule has 2 N–H and O–H groups in total. The number of benzene rings is 1. The van der Waals surface area contributed by atoms with Crippen molar-refractivity contribution in [2.24, 2.45) is 0 Å². The molecule has 1 rings (SSSR count). The van der Waals surface area contributed by atoms with Crippen LogP contribution in [0.2, 0.25) is 0 Å². The van der Waals surface area contributed by atoms with Gasteiger partial charge in [0.05, 0.1) is 6.10 Å². The van der Waals surface area contributed by atoms with Crippen molar-refractivity contribution < 1.29 is 10.2 Å². The van der Waals surface area contributed by atoms with Gasteiger partial charge in [-0.25, -0.2) is 0 Å². The van der Waals surface area contributed by atoms with E-state index in [2.05, 4.69) is 47.5 Å². The summed E-state index contributed by atoms with van der Waals surface area (Å²) in [7, 11) is 0. The third-order valence-electron chi connectivity index (χ3n) is 3.93. The van der Waals surface area contributed by atoms with E-state index in [4.69, 9.17) is 6.42 Å². The number of hydrogen-bond donors (Lipinski definition) is 2. The van der Waals surface area contributed by atoms with Gasteiger partial charge in [-0.3, -0.25) is 0 Å².